The molecule has 0 spiro atoms. The molecule has 0 saturated carbocycles. The number of hydrogen-bond acceptors (Lipinski definition) is 3. The minimum atomic E-state index is 0.169. The summed E-state index contributed by atoms with van der Waals surface area (Å²) in [6, 6.07) is 9.00. The Kier molecular flexibility index (Phi) is 3.27. The zero-order chi connectivity index (χ0) is 12.4. The van der Waals surface area contributed by atoms with E-state index in [-0.39, 0.29) is 5.54 Å². The molecule has 0 aromatic heterocycles. The largest absolute Gasteiger partial charge is 0.378 e. The molecule has 1 unspecified atom stereocenters. The smallest absolute Gasteiger partial charge is 0.0642 e. The van der Waals surface area contributed by atoms with Crippen LogP contribution in [0.5, 0.6) is 0 Å². The van der Waals surface area contributed by atoms with Gasteiger partial charge in [-0.25, -0.2) is 0 Å². The molecule has 18 heavy (non-hydrogen) atoms. The van der Waals surface area contributed by atoms with E-state index >= 15 is 0 Å². The van der Waals surface area contributed by atoms with E-state index in [9.17, 15) is 0 Å². The van der Waals surface area contributed by atoms with Crippen molar-refractivity contribution >= 4 is 5.69 Å². The number of nitrogens with zero attached hydrogens (tertiary/aromatic N) is 1. The van der Waals surface area contributed by atoms with Crippen molar-refractivity contribution in [2.24, 2.45) is 0 Å². The molecule has 1 N–H and O–H groups in total. The molecule has 2 aliphatic heterocycles. The van der Waals surface area contributed by atoms with Gasteiger partial charge in [0.15, 0.2) is 0 Å². The van der Waals surface area contributed by atoms with Crippen LogP contribution in [0.25, 0.3) is 0 Å². The fourth-order valence-electron chi connectivity index (χ4n) is 3.01. The second-order valence-corrected chi connectivity index (χ2v) is 5.51. The second kappa shape index (κ2) is 4.90. The van der Waals surface area contributed by atoms with Crippen molar-refractivity contribution in [3.8, 4) is 0 Å². The van der Waals surface area contributed by atoms with E-state index in [1.165, 1.54) is 24.1 Å². The van der Waals surface area contributed by atoms with Crippen LogP contribution < -0.4 is 10.2 Å². The van der Waals surface area contributed by atoms with Gasteiger partial charge in [-0.05, 0) is 44.0 Å². The first-order valence-corrected chi connectivity index (χ1v) is 6.96. The van der Waals surface area contributed by atoms with Gasteiger partial charge in [0.2, 0.25) is 0 Å². The number of nitrogens with one attached hydrogen (secondary N) is 1. The lowest BCUT2D eigenvalue weighted by molar-refractivity contribution is 0.122. The monoisotopic (exact) mass is 246 g/mol. The highest BCUT2D eigenvalue weighted by atomic mass is 16.5. The predicted octanol–water partition coefficient (Wildman–Crippen LogP) is 2.12. The highest BCUT2D eigenvalue weighted by molar-refractivity contribution is 5.50. The first-order chi connectivity index (χ1) is 8.78. The number of morpholine rings is 1. The molecule has 98 valence electrons. The van der Waals surface area contributed by atoms with Gasteiger partial charge in [-0.1, -0.05) is 12.1 Å². The Balaban J connectivity index is 1.84. The van der Waals surface area contributed by atoms with Gasteiger partial charge < -0.3 is 15.0 Å². The molecule has 2 aliphatic rings. The summed E-state index contributed by atoms with van der Waals surface area (Å²) in [7, 11) is 0. The molecular formula is C15H22N2O. The van der Waals surface area contributed by atoms with Crippen molar-refractivity contribution in [1.82, 2.24) is 5.32 Å². The van der Waals surface area contributed by atoms with E-state index in [4.69, 9.17) is 4.74 Å². The van der Waals surface area contributed by atoms with Gasteiger partial charge in [0.05, 0.1) is 13.2 Å². The van der Waals surface area contributed by atoms with Gasteiger partial charge in [-0.15, -0.1) is 0 Å². The number of ether oxygens (including phenoxy) is 1. The lowest BCUT2D eigenvalue weighted by Crippen LogP contribution is -2.37. The lowest BCUT2D eigenvalue weighted by atomic mass is 9.90. The topological polar surface area (TPSA) is 24.5 Å². The van der Waals surface area contributed by atoms with E-state index in [0.717, 1.165) is 32.8 Å². The quantitative estimate of drug-likeness (QED) is 0.865. The van der Waals surface area contributed by atoms with Gasteiger partial charge >= 0.3 is 0 Å². The van der Waals surface area contributed by atoms with Crippen molar-refractivity contribution in [2.45, 2.75) is 25.3 Å². The molecule has 0 aliphatic carbocycles. The first kappa shape index (κ1) is 12.0. The third kappa shape index (κ3) is 2.25. The SMILES string of the molecule is CC1(c2cccc(N3CCOCC3)c2)CCCN1. The Labute approximate surface area is 109 Å². The Morgan fingerprint density at radius 3 is 2.83 bits per heavy atom. The normalized spacial score (nSPS) is 28.6. The first-order valence-electron chi connectivity index (χ1n) is 6.96. The average Bonchev–Trinajstić information content (AvgIpc) is 2.88. The molecule has 3 rings (SSSR count). The van der Waals surface area contributed by atoms with Crippen molar-refractivity contribution in [2.75, 3.05) is 37.7 Å². The maximum atomic E-state index is 5.42. The molecule has 2 saturated heterocycles. The van der Waals surface area contributed by atoms with E-state index in [0.29, 0.717) is 0 Å². The number of rotatable bonds is 2. The van der Waals surface area contributed by atoms with Crippen LogP contribution in [0.4, 0.5) is 5.69 Å². The maximum Gasteiger partial charge on any atom is 0.0642 e. The van der Waals surface area contributed by atoms with Crippen LogP contribution in [0.3, 0.4) is 0 Å². The molecular weight excluding hydrogens is 224 g/mol. The Hall–Kier alpha value is -1.06. The summed E-state index contributed by atoms with van der Waals surface area (Å²) < 4.78 is 5.42. The minimum Gasteiger partial charge on any atom is -0.378 e. The van der Waals surface area contributed by atoms with E-state index in [2.05, 4.69) is 41.4 Å². The average molecular weight is 246 g/mol. The van der Waals surface area contributed by atoms with Gasteiger partial charge in [0, 0.05) is 24.3 Å². The van der Waals surface area contributed by atoms with E-state index in [1.807, 2.05) is 0 Å². The lowest BCUT2D eigenvalue weighted by Gasteiger charge is -2.31. The summed E-state index contributed by atoms with van der Waals surface area (Å²) >= 11 is 0. The predicted molar refractivity (Wildman–Crippen MR) is 74.1 cm³/mol. The Morgan fingerprint density at radius 2 is 2.11 bits per heavy atom. The van der Waals surface area contributed by atoms with Gasteiger partial charge in [-0.2, -0.15) is 0 Å². The second-order valence-electron chi connectivity index (χ2n) is 5.51. The fourth-order valence-corrected chi connectivity index (χ4v) is 3.01. The van der Waals surface area contributed by atoms with Crippen LogP contribution >= 0.6 is 0 Å². The third-order valence-electron chi connectivity index (χ3n) is 4.23. The summed E-state index contributed by atoms with van der Waals surface area (Å²) in [5.74, 6) is 0. The van der Waals surface area contributed by atoms with Crippen molar-refractivity contribution in [3.05, 3.63) is 29.8 Å². The molecule has 0 radical (unpaired) electrons. The highest BCUT2D eigenvalue weighted by Crippen LogP contribution is 2.32. The van der Waals surface area contributed by atoms with Crippen molar-refractivity contribution in [1.29, 1.82) is 0 Å². The summed E-state index contributed by atoms with van der Waals surface area (Å²) in [6.45, 7) is 7.16. The van der Waals surface area contributed by atoms with Crippen LogP contribution in [-0.4, -0.2) is 32.8 Å². The summed E-state index contributed by atoms with van der Waals surface area (Å²) in [6.07, 6.45) is 2.51. The molecule has 0 bridgehead atoms. The highest BCUT2D eigenvalue weighted by Gasteiger charge is 2.30. The number of benzene rings is 1. The van der Waals surface area contributed by atoms with Crippen LogP contribution in [-0.2, 0) is 10.3 Å². The zero-order valence-electron chi connectivity index (χ0n) is 11.1. The van der Waals surface area contributed by atoms with Crippen molar-refractivity contribution in [3.63, 3.8) is 0 Å². The van der Waals surface area contributed by atoms with E-state index < -0.39 is 0 Å². The summed E-state index contributed by atoms with van der Waals surface area (Å²) in [4.78, 5) is 2.42. The fraction of sp³-hybridized carbons (Fsp3) is 0.600. The molecule has 2 heterocycles. The Bertz CT molecular complexity index is 407. The molecule has 1 aromatic carbocycles. The molecule has 1 aromatic rings. The molecule has 3 nitrogen and oxygen atoms in total. The number of hydrogen-bond donors (Lipinski definition) is 1. The molecule has 3 heteroatoms. The molecule has 1 atom stereocenters. The standard InChI is InChI=1S/C15H22N2O/c1-15(6-3-7-16-15)13-4-2-5-14(12-13)17-8-10-18-11-9-17/h2,4-5,12,16H,3,6-11H2,1H3. The van der Waals surface area contributed by atoms with Gasteiger partial charge in [0.1, 0.15) is 0 Å². The van der Waals surface area contributed by atoms with Gasteiger partial charge in [-0.3, -0.25) is 0 Å². The van der Waals surface area contributed by atoms with Crippen LogP contribution in [0.2, 0.25) is 0 Å². The van der Waals surface area contributed by atoms with Crippen LogP contribution in [0.15, 0.2) is 24.3 Å². The van der Waals surface area contributed by atoms with Crippen LogP contribution in [0.1, 0.15) is 25.3 Å². The minimum absolute atomic E-state index is 0.169. The van der Waals surface area contributed by atoms with Crippen LogP contribution in [0, 0.1) is 0 Å². The summed E-state index contributed by atoms with van der Waals surface area (Å²) in [5.41, 5.74) is 2.93. The molecule has 2 fully saturated rings. The number of anilines is 1. The Morgan fingerprint density at radius 1 is 1.28 bits per heavy atom. The van der Waals surface area contributed by atoms with Gasteiger partial charge in [0.25, 0.3) is 0 Å². The third-order valence-corrected chi connectivity index (χ3v) is 4.23. The summed E-state index contributed by atoms with van der Waals surface area (Å²) in [5, 5.41) is 3.64. The maximum absolute atomic E-state index is 5.42. The zero-order valence-corrected chi connectivity index (χ0v) is 11.1. The van der Waals surface area contributed by atoms with Crippen molar-refractivity contribution < 1.29 is 4.74 Å². The molecule has 0 amide bonds. The van der Waals surface area contributed by atoms with E-state index in [1.54, 1.807) is 0 Å².